The predicted molar refractivity (Wildman–Crippen MR) is 98.0 cm³/mol. The van der Waals surface area contributed by atoms with Gasteiger partial charge in [0.05, 0.1) is 13.2 Å². The first kappa shape index (κ1) is 20.1. The molecule has 0 spiro atoms. The Kier molecular flexibility index (Phi) is 9.37. The number of likely N-dealkylation sites (N-methyl/N-ethyl adjacent to an activating group) is 1. The molecule has 1 aromatic carbocycles. The molecule has 0 aliphatic carbocycles. The Labute approximate surface area is 146 Å². The van der Waals surface area contributed by atoms with Gasteiger partial charge < -0.3 is 14.8 Å². The van der Waals surface area contributed by atoms with Crippen LogP contribution in [0.2, 0.25) is 0 Å². The SMILES string of the molecule is CCCOc1c(CN2CCCC(NC)C2)cccc1OCC.Cl. The quantitative estimate of drug-likeness (QED) is 0.784. The molecule has 2 rings (SSSR count). The van der Waals surface area contributed by atoms with Gasteiger partial charge in [0, 0.05) is 24.7 Å². The highest BCUT2D eigenvalue weighted by molar-refractivity contribution is 5.85. The van der Waals surface area contributed by atoms with Crippen LogP contribution in [0.4, 0.5) is 0 Å². The number of hydrogen-bond acceptors (Lipinski definition) is 4. The predicted octanol–water partition coefficient (Wildman–Crippen LogP) is 3.48. The van der Waals surface area contributed by atoms with Crippen LogP contribution >= 0.6 is 12.4 Å². The van der Waals surface area contributed by atoms with E-state index in [2.05, 4.69) is 36.3 Å². The van der Waals surface area contributed by atoms with Crippen LogP contribution in [-0.2, 0) is 6.54 Å². The van der Waals surface area contributed by atoms with Crippen LogP contribution < -0.4 is 14.8 Å². The molecule has 1 N–H and O–H groups in total. The number of para-hydroxylation sites is 1. The van der Waals surface area contributed by atoms with E-state index in [0.717, 1.165) is 44.2 Å². The summed E-state index contributed by atoms with van der Waals surface area (Å²) in [4.78, 5) is 2.51. The molecule has 0 saturated carbocycles. The highest BCUT2D eigenvalue weighted by Crippen LogP contribution is 2.33. The van der Waals surface area contributed by atoms with Crippen molar-refractivity contribution in [1.82, 2.24) is 10.2 Å². The van der Waals surface area contributed by atoms with Gasteiger partial charge in [0.1, 0.15) is 0 Å². The zero-order valence-corrected chi connectivity index (χ0v) is 15.5. The Balaban J connectivity index is 0.00000264. The van der Waals surface area contributed by atoms with Gasteiger partial charge in [-0.15, -0.1) is 12.4 Å². The van der Waals surface area contributed by atoms with Gasteiger partial charge in [-0.1, -0.05) is 19.1 Å². The summed E-state index contributed by atoms with van der Waals surface area (Å²) < 4.78 is 11.7. The zero-order valence-electron chi connectivity index (χ0n) is 14.6. The van der Waals surface area contributed by atoms with Crippen molar-refractivity contribution < 1.29 is 9.47 Å². The molecule has 0 aromatic heterocycles. The van der Waals surface area contributed by atoms with E-state index in [1.54, 1.807) is 0 Å². The van der Waals surface area contributed by atoms with Gasteiger partial charge in [0.15, 0.2) is 11.5 Å². The Bertz CT molecular complexity index is 457. The topological polar surface area (TPSA) is 33.7 Å². The average Bonchev–Trinajstić information content (AvgIpc) is 2.55. The largest absolute Gasteiger partial charge is 0.490 e. The molecule has 132 valence electrons. The summed E-state index contributed by atoms with van der Waals surface area (Å²) in [5.41, 5.74) is 1.23. The average molecular weight is 343 g/mol. The molecule has 1 saturated heterocycles. The second kappa shape index (κ2) is 10.7. The number of ether oxygens (including phenoxy) is 2. The van der Waals surface area contributed by atoms with Gasteiger partial charge >= 0.3 is 0 Å². The summed E-state index contributed by atoms with van der Waals surface area (Å²) in [6.07, 6.45) is 3.53. The minimum absolute atomic E-state index is 0. The fourth-order valence-electron chi connectivity index (χ4n) is 3.00. The minimum atomic E-state index is 0. The number of hydrogen-bond donors (Lipinski definition) is 1. The lowest BCUT2D eigenvalue weighted by Crippen LogP contribution is -2.43. The third-order valence-corrected chi connectivity index (χ3v) is 4.12. The number of benzene rings is 1. The molecule has 1 heterocycles. The summed E-state index contributed by atoms with van der Waals surface area (Å²) in [7, 11) is 2.06. The fourth-order valence-corrected chi connectivity index (χ4v) is 3.00. The van der Waals surface area contributed by atoms with E-state index in [1.807, 2.05) is 13.0 Å². The van der Waals surface area contributed by atoms with Gasteiger partial charge in [-0.2, -0.15) is 0 Å². The van der Waals surface area contributed by atoms with Crippen molar-refractivity contribution in [3.63, 3.8) is 0 Å². The number of halogens is 1. The maximum Gasteiger partial charge on any atom is 0.165 e. The lowest BCUT2D eigenvalue weighted by atomic mass is 10.0. The smallest absolute Gasteiger partial charge is 0.165 e. The molecule has 5 heteroatoms. The van der Waals surface area contributed by atoms with Crippen molar-refractivity contribution in [2.24, 2.45) is 0 Å². The second-order valence-electron chi connectivity index (χ2n) is 5.89. The lowest BCUT2D eigenvalue weighted by molar-refractivity contribution is 0.184. The maximum atomic E-state index is 6.00. The van der Waals surface area contributed by atoms with Crippen molar-refractivity contribution >= 4 is 12.4 Å². The number of nitrogens with one attached hydrogen (secondary N) is 1. The van der Waals surface area contributed by atoms with Crippen LogP contribution in [-0.4, -0.2) is 44.3 Å². The molecule has 1 aromatic rings. The number of piperidine rings is 1. The van der Waals surface area contributed by atoms with Crippen LogP contribution in [0.5, 0.6) is 11.5 Å². The van der Waals surface area contributed by atoms with Crippen molar-refractivity contribution in [3.8, 4) is 11.5 Å². The first-order valence-electron chi connectivity index (χ1n) is 8.55. The highest BCUT2D eigenvalue weighted by Gasteiger charge is 2.20. The fraction of sp³-hybridized carbons (Fsp3) is 0.667. The molecule has 1 unspecified atom stereocenters. The van der Waals surface area contributed by atoms with Gasteiger partial charge in [0.2, 0.25) is 0 Å². The van der Waals surface area contributed by atoms with E-state index in [9.17, 15) is 0 Å². The normalized spacial score (nSPS) is 18.3. The summed E-state index contributed by atoms with van der Waals surface area (Å²) in [6.45, 7) is 8.72. The van der Waals surface area contributed by atoms with Gasteiger partial charge in [-0.25, -0.2) is 0 Å². The molecule has 0 radical (unpaired) electrons. The summed E-state index contributed by atoms with van der Waals surface area (Å²) in [5, 5.41) is 3.40. The summed E-state index contributed by atoms with van der Waals surface area (Å²) in [5.74, 6) is 1.80. The van der Waals surface area contributed by atoms with Crippen LogP contribution in [0.1, 0.15) is 38.7 Å². The first-order chi connectivity index (χ1) is 10.8. The third kappa shape index (κ3) is 5.87. The molecule has 4 nitrogen and oxygen atoms in total. The first-order valence-corrected chi connectivity index (χ1v) is 8.55. The van der Waals surface area contributed by atoms with E-state index in [0.29, 0.717) is 12.6 Å². The Morgan fingerprint density at radius 3 is 2.78 bits per heavy atom. The van der Waals surface area contributed by atoms with E-state index < -0.39 is 0 Å². The highest BCUT2D eigenvalue weighted by atomic mass is 35.5. The molecule has 1 atom stereocenters. The number of rotatable bonds is 8. The summed E-state index contributed by atoms with van der Waals surface area (Å²) in [6, 6.07) is 6.84. The van der Waals surface area contributed by atoms with Crippen LogP contribution in [0.15, 0.2) is 18.2 Å². The number of likely N-dealkylation sites (tertiary alicyclic amines) is 1. The van der Waals surface area contributed by atoms with E-state index in [-0.39, 0.29) is 12.4 Å². The minimum Gasteiger partial charge on any atom is -0.490 e. The van der Waals surface area contributed by atoms with E-state index in [4.69, 9.17) is 9.47 Å². The Hall–Kier alpha value is -0.970. The Morgan fingerprint density at radius 2 is 2.09 bits per heavy atom. The van der Waals surface area contributed by atoms with Gasteiger partial charge in [-0.05, 0) is 45.8 Å². The van der Waals surface area contributed by atoms with Crippen molar-refractivity contribution in [2.75, 3.05) is 33.4 Å². The zero-order chi connectivity index (χ0) is 15.8. The third-order valence-electron chi connectivity index (χ3n) is 4.12. The van der Waals surface area contributed by atoms with Gasteiger partial charge in [0.25, 0.3) is 0 Å². The van der Waals surface area contributed by atoms with Crippen LogP contribution in [0, 0.1) is 0 Å². The monoisotopic (exact) mass is 342 g/mol. The van der Waals surface area contributed by atoms with E-state index in [1.165, 1.54) is 18.4 Å². The van der Waals surface area contributed by atoms with Crippen molar-refractivity contribution in [3.05, 3.63) is 23.8 Å². The molecular weight excluding hydrogens is 312 g/mol. The molecular formula is C18H31ClN2O2. The Morgan fingerprint density at radius 1 is 1.26 bits per heavy atom. The molecule has 1 fully saturated rings. The van der Waals surface area contributed by atoms with E-state index >= 15 is 0 Å². The van der Waals surface area contributed by atoms with Crippen molar-refractivity contribution in [1.29, 1.82) is 0 Å². The van der Waals surface area contributed by atoms with Crippen LogP contribution in [0.25, 0.3) is 0 Å². The molecule has 23 heavy (non-hydrogen) atoms. The number of nitrogens with zero attached hydrogens (tertiary/aromatic N) is 1. The standard InChI is InChI=1S/C18H30N2O2.ClH/c1-4-12-22-18-15(8-6-10-17(18)21-5-2)13-20-11-7-9-16(14-20)19-3;/h6,8,10,16,19H,4-5,7,9,11-14H2,1-3H3;1H. The lowest BCUT2D eigenvalue weighted by Gasteiger charge is -2.33. The van der Waals surface area contributed by atoms with Gasteiger partial charge in [-0.3, -0.25) is 4.90 Å². The molecule has 1 aliphatic heterocycles. The summed E-state index contributed by atoms with van der Waals surface area (Å²) >= 11 is 0. The van der Waals surface area contributed by atoms with Crippen molar-refractivity contribution in [2.45, 2.75) is 45.7 Å². The van der Waals surface area contributed by atoms with Crippen LogP contribution in [0.3, 0.4) is 0 Å². The molecule has 0 bridgehead atoms. The molecule has 0 amide bonds. The maximum absolute atomic E-state index is 6.00. The molecule has 1 aliphatic rings. The second-order valence-corrected chi connectivity index (χ2v) is 5.89.